The van der Waals surface area contributed by atoms with Crippen LogP contribution in [0.2, 0.25) is 0 Å². The fourth-order valence-electron chi connectivity index (χ4n) is 3.56. The molecule has 0 aliphatic carbocycles. The Hall–Kier alpha value is -2.82. The van der Waals surface area contributed by atoms with Crippen molar-refractivity contribution in [1.29, 1.82) is 0 Å². The zero-order valence-electron chi connectivity index (χ0n) is 14.9. The van der Waals surface area contributed by atoms with Gasteiger partial charge in [-0.25, -0.2) is 9.78 Å². The van der Waals surface area contributed by atoms with Crippen LogP contribution in [0.5, 0.6) is 0 Å². The van der Waals surface area contributed by atoms with Crippen LogP contribution in [0, 0.1) is 0 Å². The van der Waals surface area contributed by atoms with Crippen molar-refractivity contribution in [2.24, 2.45) is 0 Å². The Labute approximate surface area is 153 Å². The van der Waals surface area contributed by atoms with E-state index < -0.39 is 0 Å². The standard InChI is InChI=1S/C21H24N4O/c26-21(22-12-11-17-7-3-1-4-8-17)25-16-23-19-15-18(9-10-20(19)25)24-13-5-2-6-14-24/h1,3-4,7-10,15-16H,2,5-6,11-14H2,(H,22,26). The Kier molecular flexibility index (Phi) is 4.86. The molecular weight excluding hydrogens is 324 g/mol. The first-order chi connectivity index (χ1) is 12.8. The van der Waals surface area contributed by atoms with Crippen molar-refractivity contribution in [3.05, 3.63) is 60.4 Å². The summed E-state index contributed by atoms with van der Waals surface area (Å²) in [5.74, 6) is 0. The highest BCUT2D eigenvalue weighted by Gasteiger charge is 2.14. The van der Waals surface area contributed by atoms with Crippen molar-refractivity contribution in [3.63, 3.8) is 0 Å². The number of carbonyl (C=O) groups is 1. The molecule has 1 N–H and O–H groups in total. The zero-order chi connectivity index (χ0) is 17.8. The van der Waals surface area contributed by atoms with E-state index in [1.54, 1.807) is 10.9 Å². The Morgan fingerprint density at radius 2 is 1.85 bits per heavy atom. The monoisotopic (exact) mass is 348 g/mol. The number of hydrogen-bond acceptors (Lipinski definition) is 3. The van der Waals surface area contributed by atoms with Crippen LogP contribution in [0.4, 0.5) is 10.5 Å². The smallest absolute Gasteiger partial charge is 0.327 e. The number of amides is 1. The Morgan fingerprint density at radius 3 is 2.65 bits per heavy atom. The molecule has 0 radical (unpaired) electrons. The number of hydrogen-bond donors (Lipinski definition) is 1. The summed E-state index contributed by atoms with van der Waals surface area (Å²) in [6.07, 6.45) is 6.24. The van der Waals surface area contributed by atoms with Gasteiger partial charge in [0, 0.05) is 25.3 Å². The van der Waals surface area contributed by atoms with Crippen LogP contribution in [0.1, 0.15) is 24.8 Å². The second-order valence-electron chi connectivity index (χ2n) is 6.80. The molecule has 0 saturated carbocycles. The highest BCUT2D eigenvalue weighted by molar-refractivity contribution is 5.90. The summed E-state index contributed by atoms with van der Waals surface area (Å²) in [6.45, 7) is 2.81. The van der Waals surface area contributed by atoms with Crippen molar-refractivity contribution in [2.75, 3.05) is 24.5 Å². The van der Waals surface area contributed by atoms with Crippen LogP contribution < -0.4 is 10.2 Å². The first-order valence-electron chi connectivity index (χ1n) is 9.35. The normalized spacial score (nSPS) is 14.5. The number of fused-ring (bicyclic) bond motifs is 1. The number of benzene rings is 2. The number of anilines is 1. The van der Waals surface area contributed by atoms with E-state index in [0.717, 1.165) is 30.5 Å². The van der Waals surface area contributed by atoms with Gasteiger partial charge in [-0.15, -0.1) is 0 Å². The van der Waals surface area contributed by atoms with Crippen molar-refractivity contribution in [3.8, 4) is 0 Å². The quantitative estimate of drug-likeness (QED) is 0.780. The fraction of sp³-hybridized carbons (Fsp3) is 0.333. The first-order valence-corrected chi connectivity index (χ1v) is 9.35. The predicted octanol–water partition coefficient (Wildman–Crippen LogP) is 3.83. The highest BCUT2D eigenvalue weighted by atomic mass is 16.2. The van der Waals surface area contributed by atoms with Crippen molar-refractivity contribution in [2.45, 2.75) is 25.7 Å². The molecule has 0 atom stereocenters. The highest BCUT2D eigenvalue weighted by Crippen LogP contribution is 2.24. The third-order valence-electron chi connectivity index (χ3n) is 5.00. The number of piperidine rings is 1. The van der Waals surface area contributed by atoms with Crippen molar-refractivity contribution >= 4 is 22.8 Å². The Morgan fingerprint density at radius 1 is 1.04 bits per heavy atom. The largest absolute Gasteiger partial charge is 0.371 e. The summed E-state index contributed by atoms with van der Waals surface area (Å²) in [6, 6.07) is 16.2. The molecule has 1 amide bonds. The van der Waals surface area contributed by atoms with Crippen LogP contribution in [0.15, 0.2) is 54.9 Å². The summed E-state index contributed by atoms with van der Waals surface area (Å²) in [5, 5.41) is 2.98. The van der Waals surface area contributed by atoms with Gasteiger partial charge in [0.05, 0.1) is 11.0 Å². The van der Waals surface area contributed by atoms with Crippen LogP contribution in [-0.2, 0) is 6.42 Å². The van der Waals surface area contributed by atoms with E-state index in [4.69, 9.17) is 0 Å². The second-order valence-corrected chi connectivity index (χ2v) is 6.80. The lowest BCUT2D eigenvalue weighted by Gasteiger charge is -2.28. The Balaban J connectivity index is 1.43. The van der Waals surface area contributed by atoms with Crippen LogP contribution >= 0.6 is 0 Å². The zero-order valence-corrected chi connectivity index (χ0v) is 14.9. The summed E-state index contributed by atoms with van der Waals surface area (Å²) in [5.41, 5.74) is 4.13. The molecule has 2 aromatic carbocycles. The molecule has 1 fully saturated rings. The number of imidazole rings is 1. The number of nitrogens with one attached hydrogen (secondary N) is 1. The van der Waals surface area contributed by atoms with Gasteiger partial charge in [-0.3, -0.25) is 4.57 Å². The molecule has 0 bridgehead atoms. The number of rotatable bonds is 4. The van der Waals surface area contributed by atoms with Gasteiger partial charge < -0.3 is 10.2 Å². The van der Waals surface area contributed by atoms with Crippen LogP contribution in [0.25, 0.3) is 11.0 Å². The summed E-state index contributed by atoms with van der Waals surface area (Å²) < 4.78 is 1.60. The SMILES string of the molecule is O=C(NCCc1ccccc1)n1cnc2cc(N3CCCCC3)ccc21. The van der Waals surface area contributed by atoms with E-state index in [1.165, 1.54) is 30.5 Å². The molecule has 0 spiro atoms. The van der Waals surface area contributed by atoms with Gasteiger partial charge in [0.1, 0.15) is 6.33 Å². The molecule has 3 aromatic rings. The van der Waals surface area contributed by atoms with E-state index in [0.29, 0.717) is 6.54 Å². The minimum atomic E-state index is -0.130. The third kappa shape index (κ3) is 3.57. The van der Waals surface area contributed by atoms with E-state index in [9.17, 15) is 4.79 Å². The molecule has 134 valence electrons. The number of carbonyl (C=O) groups excluding carboxylic acids is 1. The molecular formula is C21H24N4O. The molecule has 1 aromatic heterocycles. The van der Waals surface area contributed by atoms with Crippen molar-refractivity contribution < 1.29 is 4.79 Å². The fourth-order valence-corrected chi connectivity index (χ4v) is 3.56. The number of nitrogens with zero attached hydrogens (tertiary/aromatic N) is 3. The maximum atomic E-state index is 12.5. The lowest BCUT2D eigenvalue weighted by atomic mass is 10.1. The number of aromatic nitrogens is 2. The van der Waals surface area contributed by atoms with E-state index in [2.05, 4.69) is 39.5 Å². The van der Waals surface area contributed by atoms with Crippen molar-refractivity contribution in [1.82, 2.24) is 14.9 Å². The van der Waals surface area contributed by atoms with Gasteiger partial charge in [0.15, 0.2) is 0 Å². The first kappa shape index (κ1) is 16.6. The molecule has 0 unspecified atom stereocenters. The molecule has 26 heavy (non-hydrogen) atoms. The maximum Gasteiger partial charge on any atom is 0.327 e. The maximum absolute atomic E-state index is 12.5. The molecule has 5 heteroatoms. The van der Waals surface area contributed by atoms with Crippen LogP contribution in [0.3, 0.4) is 0 Å². The van der Waals surface area contributed by atoms with Gasteiger partial charge in [-0.05, 0) is 49.4 Å². The van der Waals surface area contributed by atoms with E-state index >= 15 is 0 Å². The average molecular weight is 348 g/mol. The minimum absolute atomic E-state index is 0.130. The lowest BCUT2D eigenvalue weighted by Crippen LogP contribution is -2.30. The summed E-state index contributed by atoms with van der Waals surface area (Å²) >= 11 is 0. The van der Waals surface area contributed by atoms with E-state index in [1.807, 2.05) is 24.3 Å². The second kappa shape index (κ2) is 7.60. The van der Waals surface area contributed by atoms with E-state index in [-0.39, 0.29) is 6.03 Å². The van der Waals surface area contributed by atoms with Crippen LogP contribution in [-0.4, -0.2) is 35.2 Å². The van der Waals surface area contributed by atoms with Gasteiger partial charge in [-0.2, -0.15) is 0 Å². The van der Waals surface area contributed by atoms with Gasteiger partial charge >= 0.3 is 6.03 Å². The molecule has 5 nitrogen and oxygen atoms in total. The molecule has 1 aliphatic rings. The van der Waals surface area contributed by atoms with Gasteiger partial charge in [-0.1, -0.05) is 30.3 Å². The molecule has 4 rings (SSSR count). The summed E-state index contributed by atoms with van der Waals surface area (Å²) in [4.78, 5) is 19.3. The average Bonchev–Trinajstić information content (AvgIpc) is 3.13. The Bertz CT molecular complexity index is 881. The minimum Gasteiger partial charge on any atom is -0.371 e. The van der Waals surface area contributed by atoms with Gasteiger partial charge in [0.2, 0.25) is 0 Å². The lowest BCUT2D eigenvalue weighted by molar-refractivity contribution is 0.243. The molecule has 1 saturated heterocycles. The predicted molar refractivity (Wildman–Crippen MR) is 105 cm³/mol. The topological polar surface area (TPSA) is 50.2 Å². The molecule has 1 aliphatic heterocycles. The van der Waals surface area contributed by atoms with Gasteiger partial charge in [0.25, 0.3) is 0 Å². The molecule has 2 heterocycles. The third-order valence-corrected chi connectivity index (χ3v) is 5.00. The summed E-state index contributed by atoms with van der Waals surface area (Å²) in [7, 11) is 0.